The summed E-state index contributed by atoms with van der Waals surface area (Å²) in [5.74, 6) is -3.62. The molecule has 0 spiro atoms. The SMILES string of the molecule is CNC(=O)c1nn(C(=O)O)c2nc(-c3cc(F)c(OC(=O)OC(C)(C)C)cc3CC(F)(F)F)nc(NCc3ccccc3NC)c12. The molecule has 0 aliphatic carbocycles. The Bertz CT molecular complexity index is 1820. The van der Waals surface area contributed by atoms with Crippen LogP contribution in [0.1, 0.15) is 42.4 Å². The van der Waals surface area contributed by atoms with Gasteiger partial charge in [0.15, 0.2) is 28.7 Å². The summed E-state index contributed by atoms with van der Waals surface area (Å²) in [6.45, 7) is 4.57. The number of rotatable bonds is 8. The molecule has 0 aliphatic rings. The van der Waals surface area contributed by atoms with Gasteiger partial charge in [-0.05, 0) is 50.1 Å². The van der Waals surface area contributed by atoms with Crippen LogP contribution in [0, 0.1) is 5.82 Å². The van der Waals surface area contributed by atoms with Crippen LogP contribution in [0.15, 0.2) is 36.4 Å². The molecule has 2 aromatic carbocycles. The molecule has 0 bridgehead atoms. The van der Waals surface area contributed by atoms with Crippen molar-refractivity contribution in [2.75, 3.05) is 24.7 Å². The normalized spacial score (nSPS) is 11.7. The van der Waals surface area contributed by atoms with Gasteiger partial charge >= 0.3 is 18.4 Å². The molecule has 0 fully saturated rings. The van der Waals surface area contributed by atoms with E-state index in [0.29, 0.717) is 28.1 Å². The first-order chi connectivity index (χ1) is 21.5. The maximum absolute atomic E-state index is 15.3. The Morgan fingerprint density at radius 2 is 1.72 bits per heavy atom. The van der Waals surface area contributed by atoms with E-state index in [2.05, 4.69) is 31.0 Å². The second-order valence-corrected chi connectivity index (χ2v) is 10.8. The van der Waals surface area contributed by atoms with E-state index < -0.39 is 76.2 Å². The monoisotopic (exact) mass is 647 g/mol. The van der Waals surface area contributed by atoms with Crippen molar-refractivity contribution in [3.8, 4) is 17.1 Å². The molecular weight excluding hydrogens is 618 g/mol. The highest BCUT2D eigenvalue weighted by Crippen LogP contribution is 2.36. The highest BCUT2D eigenvalue weighted by Gasteiger charge is 2.32. The third-order valence-electron chi connectivity index (χ3n) is 6.26. The number of carbonyl (C=O) groups is 3. The summed E-state index contributed by atoms with van der Waals surface area (Å²) in [6, 6.07) is 8.37. The Labute approximate surface area is 258 Å². The number of anilines is 2. The Hall–Kier alpha value is -5.48. The minimum atomic E-state index is -4.83. The number of amides is 1. The summed E-state index contributed by atoms with van der Waals surface area (Å²) >= 11 is 0. The zero-order valence-electron chi connectivity index (χ0n) is 25.2. The third kappa shape index (κ3) is 7.59. The molecular formula is C29H29F4N7O6. The van der Waals surface area contributed by atoms with Crippen molar-refractivity contribution in [3.05, 3.63) is 59.0 Å². The van der Waals surface area contributed by atoms with Crippen LogP contribution in [0.25, 0.3) is 22.4 Å². The number of nitrogens with zero attached hydrogens (tertiary/aromatic N) is 4. The van der Waals surface area contributed by atoms with Crippen molar-refractivity contribution in [1.29, 1.82) is 0 Å². The molecule has 13 nitrogen and oxygen atoms in total. The molecule has 0 saturated heterocycles. The number of nitrogens with one attached hydrogen (secondary N) is 3. The van der Waals surface area contributed by atoms with Crippen molar-refractivity contribution < 1.29 is 46.5 Å². The van der Waals surface area contributed by atoms with Crippen LogP contribution >= 0.6 is 0 Å². The van der Waals surface area contributed by atoms with E-state index in [1.807, 2.05) is 0 Å². The third-order valence-corrected chi connectivity index (χ3v) is 6.26. The van der Waals surface area contributed by atoms with Crippen LogP contribution in [0.5, 0.6) is 5.75 Å². The molecule has 0 unspecified atom stereocenters. The van der Waals surface area contributed by atoms with Crippen LogP contribution in [-0.4, -0.2) is 68.9 Å². The zero-order valence-corrected chi connectivity index (χ0v) is 25.2. The zero-order chi connectivity index (χ0) is 34.0. The van der Waals surface area contributed by atoms with E-state index in [1.165, 1.54) is 27.8 Å². The number of aromatic nitrogens is 4. The first kappa shape index (κ1) is 33.4. The standard InChI is InChI=1S/C29H29F4N7O6/c1-28(2,3)46-27(44)45-19-10-15(12-29(31,32)33)16(11-17(19)30)22-37-23(36-13-14-8-6-7-9-18(14)34-4)20-21(25(41)35-5)39-40(26(42)43)24(20)38-22/h6-11,34H,12-13H2,1-5H3,(H,35,41)(H,42,43)(H,36,37,38). The summed E-state index contributed by atoms with van der Waals surface area (Å²) in [5.41, 5.74) is -1.57. The van der Waals surface area contributed by atoms with E-state index in [0.717, 1.165) is 0 Å². The number of para-hydroxylation sites is 1. The van der Waals surface area contributed by atoms with Crippen molar-refractivity contribution in [2.45, 2.75) is 45.5 Å². The fourth-order valence-electron chi connectivity index (χ4n) is 4.38. The molecule has 1 amide bonds. The number of benzene rings is 2. The number of carbonyl (C=O) groups excluding carboxylic acids is 2. The molecule has 2 aromatic heterocycles. The molecule has 244 valence electrons. The van der Waals surface area contributed by atoms with Crippen molar-refractivity contribution in [2.24, 2.45) is 0 Å². The number of hydrogen-bond donors (Lipinski definition) is 4. The van der Waals surface area contributed by atoms with Gasteiger partial charge in [0.25, 0.3) is 5.91 Å². The van der Waals surface area contributed by atoms with Gasteiger partial charge in [-0.3, -0.25) is 4.79 Å². The lowest BCUT2D eigenvalue weighted by atomic mass is 10.0. The highest BCUT2D eigenvalue weighted by atomic mass is 19.4. The Balaban J connectivity index is 1.95. The van der Waals surface area contributed by atoms with E-state index in [-0.39, 0.29) is 17.7 Å². The maximum atomic E-state index is 15.3. The number of alkyl halides is 3. The largest absolute Gasteiger partial charge is 0.514 e. The second-order valence-electron chi connectivity index (χ2n) is 10.8. The average molecular weight is 648 g/mol. The summed E-state index contributed by atoms with van der Waals surface area (Å²) in [6.07, 6.45) is -9.48. The molecule has 0 radical (unpaired) electrons. The Morgan fingerprint density at radius 3 is 2.33 bits per heavy atom. The van der Waals surface area contributed by atoms with Gasteiger partial charge < -0.3 is 30.5 Å². The molecule has 0 atom stereocenters. The molecule has 17 heteroatoms. The predicted molar refractivity (Wildman–Crippen MR) is 157 cm³/mol. The quantitative estimate of drug-likeness (QED) is 0.107. The fourth-order valence-corrected chi connectivity index (χ4v) is 4.38. The Morgan fingerprint density at radius 1 is 1.02 bits per heavy atom. The van der Waals surface area contributed by atoms with Crippen molar-refractivity contribution in [1.82, 2.24) is 25.1 Å². The number of hydrogen-bond acceptors (Lipinski definition) is 10. The van der Waals surface area contributed by atoms with Crippen molar-refractivity contribution in [3.63, 3.8) is 0 Å². The van der Waals surface area contributed by atoms with E-state index >= 15 is 4.39 Å². The van der Waals surface area contributed by atoms with Gasteiger partial charge in [0.2, 0.25) is 0 Å². The van der Waals surface area contributed by atoms with Crippen molar-refractivity contribution >= 4 is 40.7 Å². The molecule has 4 aromatic rings. The number of carboxylic acid groups (broad SMARTS) is 1. The summed E-state index contributed by atoms with van der Waals surface area (Å²) in [5, 5.41) is 21.9. The van der Waals surface area contributed by atoms with E-state index in [4.69, 9.17) is 9.47 Å². The van der Waals surface area contributed by atoms with Crippen LogP contribution in [-0.2, 0) is 17.7 Å². The van der Waals surface area contributed by atoms with E-state index in [9.17, 15) is 32.7 Å². The topological polar surface area (TPSA) is 170 Å². The van der Waals surface area contributed by atoms with Crippen LogP contribution in [0.2, 0.25) is 0 Å². The highest BCUT2D eigenvalue weighted by molar-refractivity contribution is 6.09. The molecule has 4 N–H and O–H groups in total. The van der Waals surface area contributed by atoms with Gasteiger partial charge in [-0.25, -0.2) is 23.9 Å². The lowest BCUT2D eigenvalue weighted by Crippen LogP contribution is -2.26. The van der Waals surface area contributed by atoms with Gasteiger partial charge in [-0.15, -0.1) is 4.68 Å². The first-order valence-corrected chi connectivity index (χ1v) is 13.6. The van der Waals surface area contributed by atoms with Gasteiger partial charge in [-0.1, -0.05) is 18.2 Å². The number of fused-ring (bicyclic) bond motifs is 1. The van der Waals surface area contributed by atoms with Crippen LogP contribution in [0.4, 0.5) is 38.7 Å². The number of ether oxygens (including phenoxy) is 2. The summed E-state index contributed by atoms with van der Waals surface area (Å²) in [7, 11) is 2.97. The van der Waals surface area contributed by atoms with Gasteiger partial charge in [0.05, 0.1) is 11.8 Å². The molecule has 2 heterocycles. The second kappa shape index (κ2) is 12.9. The van der Waals surface area contributed by atoms with E-state index in [1.54, 1.807) is 31.3 Å². The lowest BCUT2D eigenvalue weighted by molar-refractivity contribution is -0.127. The minimum Gasteiger partial charge on any atom is -0.463 e. The van der Waals surface area contributed by atoms with Crippen LogP contribution in [0.3, 0.4) is 0 Å². The molecule has 4 rings (SSSR count). The first-order valence-electron chi connectivity index (χ1n) is 13.6. The smallest absolute Gasteiger partial charge is 0.463 e. The van der Waals surface area contributed by atoms with Gasteiger partial charge in [0, 0.05) is 31.9 Å². The summed E-state index contributed by atoms with van der Waals surface area (Å²) < 4.78 is 66.8. The van der Waals surface area contributed by atoms with Gasteiger partial charge in [-0.2, -0.15) is 18.3 Å². The number of halogens is 4. The maximum Gasteiger partial charge on any atom is 0.514 e. The Kier molecular flexibility index (Phi) is 9.34. The minimum absolute atomic E-state index is 0.0421. The fraction of sp³-hybridized carbons (Fsp3) is 0.310. The molecule has 0 saturated carbocycles. The molecule has 0 aliphatic heterocycles. The lowest BCUT2D eigenvalue weighted by Gasteiger charge is -2.19. The molecule has 46 heavy (non-hydrogen) atoms. The van der Waals surface area contributed by atoms with Crippen LogP contribution < -0.4 is 20.7 Å². The predicted octanol–water partition coefficient (Wildman–Crippen LogP) is 5.59. The van der Waals surface area contributed by atoms with Gasteiger partial charge in [0.1, 0.15) is 11.4 Å². The summed E-state index contributed by atoms with van der Waals surface area (Å²) in [4.78, 5) is 45.5. The average Bonchev–Trinajstić information content (AvgIpc) is 3.35.